The number of primary amides is 1. The van der Waals surface area contributed by atoms with Gasteiger partial charge >= 0.3 is 0 Å². The number of nitrogens with two attached hydrogens (primary N) is 2. The minimum absolute atomic E-state index is 0.0420. The number of hydrogen-bond donors (Lipinski definition) is 6. The fourth-order valence-electron chi connectivity index (χ4n) is 9.42. The van der Waals surface area contributed by atoms with Gasteiger partial charge in [-0.15, -0.1) is 11.3 Å². The lowest BCUT2D eigenvalue weighted by molar-refractivity contribution is -0.144. The number of hydrogen-bond acceptors (Lipinski definition) is 12. The minimum Gasteiger partial charge on any atom is -0.488 e. The summed E-state index contributed by atoms with van der Waals surface area (Å²) < 4.78 is 21.8. The van der Waals surface area contributed by atoms with E-state index in [-0.39, 0.29) is 82.0 Å². The molecular formula is C50H68FN9O9S. The highest BCUT2D eigenvalue weighted by molar-refractivity contribution is 7.13. The number of β-amino-alcohol motifs (C(OH)–C–C–N with tert-alkyl or cyclic N) is 1. The molecule has 0 spiro atoms. The molecule has 7 atom stereocenters. The second-order valence-corrected chi connectivity index (χ2v) is 20.6. The summed E-state index contributed by atoms with van der Waals surface area (Å²) in [7, 11) is 0. The Labute approximate surface area is 412 Å². The summed E-state index contributed by atoms with van der Waals surface area (Å²) in [6, 6.07) is 7.69. The molecule has 20 heteroatoms. The molecule has 0 aliphatic carbocycles. The lowest BCUT2D eigenvalue weighted by Gasteiger charge is -2.37. The van der Waals surface area contributed by atoms with Crippen molar-refractivity contribution >= 4 is 52.7 Å². The zero-order valence-corrected chi connectivity index (χ0v) is 41.5. The summed E-state index contributed by atoms with van der Waals surface area (Å²) in [5.41, 5.74) is 15.9. The first-order chi connectivity index (χ1) is 33.2. The number of nitrogens with one attached hydrogen (secondary N) is 3. The average Bonchev–Trinajstić information content (AvgIpc) is 4.05. The molecule has 3 aliphatic heterocycles. The molecule has 0 radical (unpaired) electrons. The van der Waals surface area contributed by atoms with Crippen LogP contribution in [0.2, 0.25) is 0 Å². The molecule has 0 saturated carbocycles. The molecule has 2 aromatic carbocycles. The first-order valence-electron chi connectivity index (χ1n) is 24.1. The zero-order chi connectivity index (χ0) is 50.9. The van der Waals surface area contributed by atoms with E-state index in [1.54, 1.807) is 33.9 Å². The molecule has 70 heavy (non-hydrogen) atoms. The predicted octanol–water partition coefficient (Wildman–Crippen LogP) is 2.85. The lowest BCUT2D eigenvalue weighted by Crippen LogP contribution is -2.59. The van der Waals surface area contributed by atoms with Gasteiger partial charge in [-0.1, -0.05) is 57.2 Å². The third kappa shape index (κ3) is 13.7. The maximum Gasteiger partial charge on any atom is 0.246 e. The van der Waals surface area contributed by atoms with E-state index in [4.69, 9.17) is 16.2 Å². The van der Waals surface area contributed by atoms with Gasteiger partial charge < -0.3 is 52.0 Å². The predicted molar refractivity (Wildman–Crippen MR) is 260 cm³/mol. The molecule has 1 aromatic heterocycles. The van der Waals surface area contributed by atoms with Gasteiger partial charge in [-0.2, -0.15) is 0 Å². The number of nitrogens with zero attached hydrogens (tertiary/aromatic N) is 4. The zero-order valence-electron chi connectivity index (χ0n) is 40.7. The summed E-state index contributed by atoms with van der Waals surface area (Å²) in [4.78, 5) is 102. The van der Waals surface area contributed by atoms with Crippen molar-refractivity contribution in [3.05, 3.63) is 70.6 Å². The molecule has 3 aliphatic rings. The van der Waals surface area contributed by atoms with Crippen LogP contribution in [0.3, 0.4) is 0 Å². The number of aliphatic hydroxyl groups is 1. The highest BCUT2D eigenvalue weighted by Crippen LogP contribution is 2.31. The maximum atomic E-state index is 15.9. The topological polar surface area (TPSA) is 260 Å². The van der Waals surface area contributed by atoms with Crippen LogP contribution in [0.4, 0.5) is 4.39 Å². The van der Waals surface area contributed by atoms with Crippen molar-refractivity contribution in [2.24, 2.45) is 16.9 Å². The van der Waals surface area contributed by atoms with Gasteiger partial charge in [0.2, 0.25) is 41.4 Å². The third-order valence-corrected chi connectivity index (χ3v) is 14.3. The summed E-state index contributed by atoms with van der Waals surface area (Å²) in [5.74, 6) is -3.61. The van der Waals surface area contributed by atoms with Gasteiger partial charge in [0.1, 0.15) is 30.8 Å². The molecule has 7 amide bonds. The normalized spacial score (nSPS) is 21.3. The lowest BCUT2D eigenvalue weighted by atomic mass is 9.85. The number of aliphatic hydroxyl groups excluding tert-OH is 1. The molecule has 380 valence electrons. The van der Waals surface area contributed by atoms with Gasteiger partial charge in [0, 0.05) is 58.4 Å². The van der Waals surface area contributed by atoms with Crippen molar-refractivity contribution < 1.29 is 47.8 Å². The van der Waals surface area contributed by atoms with Crippen LogP contribution in [0.25, 0.3) is 10.4 Å². The summed E-state index contributed by atoms with van der Waals surface area (Å²) >= 11 is 1.55. The molecule has 4 heterocycles. The first-order valence-corrected chi connectivity index (χ1v) is 25.0. The number of benzene rings is 2. The van der Waals surface area contributed by atoms with E-state index in [9.17, 15) is 38.7 Å². The van der Waals surface area contributed by atoms with Crippen molar-refractivity contribution in [1.82, 2.24) is 35.6 Å². The van der Waals surface area contributed by atoms with Crippen LogP contribution in [0.1, 0.15) is 102 Å². The van der Waals surface area contributed by atoms with Gasteiger partial charge in [0.25, 0.3) is 0 Å². The van der Waals surface area contributed by atoms with Crippen LogP contribution < -0.4 is 32.2 Å². The Bertz CT molecular complexity index is 2380. The van der Waals surface area contributed by atoms with Crippen LogP contribution in [0.15, 0.2) is 48.0 Å². The molecule has 6 rings (SSSR count). The Morgan fingerprint density at radius 1 is 0.971 bits per heavy atom. The van der Waals surface area contributed by atoms with E-state index in [0.29, 0.717) is 44.2 Å². The minimum atomic E-state index is -0.999. The summed E-state index contributed by atoms with van der Waals surface area (Å²) in [6.07, 6.45) is 1.67. The van der Waals surface area contributed by atoms with Gasteiger partial charge in [-0.05, 0) is 80.0 Å². The molecule has 18 nitrogen and oxygen atoms in total. The maximum absolute atomic E-state index is 15.9. The number of thiazole rings is 1. The van der Waals surface area contributed by atoms with Crippen LogP contribution >= 0.6 is 11.3 Å². The van der Waals surface area contributed by atoms with E-state index in [0.717, 1.165) is 21.7 Å². The van der Waals surface area contributed by atoms with Crippen molar-refractivity contribution in [1.29, 1.82) is 0 Å². The van der Waals surface area contributed by atoms with Crippen molar-refractivity contribution in [3.63, 3.8) is 0 Å². The molecule has 3 aromatic rings. The Morgan fingerprint density at radius 2 is 1.71 bits per heavy atom. The van der Waals surface area contributed by atoms with Crippen LogP contribution in [-0.4, -0.2) is 135 Å². The number of carbonyl (C=O) groups is 7. The Kier molecular flexibility index (Phi) is 18.1. The van der Waals surface area contributed by atoms with E-state index in [1.807, 2.05) is 52.0 Å². The molecule has 0 unspecified atom stereocenters. The number of likely N-dealkylation sites (tertiary alicyclic amines) is 1. The highest BCUT2D eigenvalue weighted by Gasteiger charge is 2.46. The number of aromatic nitrogens is 1. The van der Waals surface area contributed by atoms with Crippen molar-refractivity contribution in [3.8, 4) is 16.2 Å². The Morgan fingerprint density at radius 3 is 2.39 bits per heavy atom. The van der Waals surface area contributed by atoms with E-state index < -0.39 is 77.1 Å². The van der Waals surface area contributed by atoms with E-state index in [1.165, 1.54) is 22.8 Å². The fourth-order valence-corrected chi connectivity index (χ4v) is 10.2. The number of carbonyl (C=O) groups excluding carboxylic acids is 7. The van der Waals surface area contributed by atoms with Gasteiger partial charge in [0.15, 0.2) is 11.6 Å². The monoisotopic (exact) mass is 989 g/mol. The second kappa shape index (κ2) is 23.7. The average molecular weight is 990 g/mol. The van der Waals surface area contributed by atoms with Gasteiger partial charge in [-0.3, -0.25) is 33.6 Å². The summed E-state index contributed by atoms with van der Waals surface area (Å²) in [5, 5.41) is 19.3. The molecule has 3 saturated heterocycles. The fraction of sp³-hybridized carbons (Fsp3) is 0.560. The van der Waals surface area contributed by atoms with Crippen LogP contribution in [0, 0.1) is 18.2 Å². The molecular weight excluding hydrogens is 922 g/mol. The Hall–Kier alpha value is -5.99. The third-order valence-electron chi connectivity index (χ3n) is 13.4. The number of aryl methyl sites for hydroxylation is 2. The highest BCUT2D eigenvalue weighted by atomic mass is 32.1. The SMILES string of the molecule is CC(=O)N1CC[C@H]2CC[C@@H](C(=O)N[C@@H](CCC(N)=O)COc3cccc(CCCCC(=O)N[C@H](C(=O)N4C[C@H](O)C[C@H]4C(=O)NCc4ccc(-c5scnc5C)cc4)C(C)(C)C)c3F)N2C(=O)[C@@H](N)C1. The second-order valence-electron chi connectivity index (χ2n) is 19.8. The summed E-state index contributed by atoms with van der Waals surface area (Å²) in [6.45, 7) is 9.23. The number of fused-ring (bicyclic) bond motifs is 1. The first kappa shape index (κ1) is 53.4. The van der Waals surface area contributed by atoms with Crippen LogP contribution in [-0.2, 0) is 46.5 Å². The quantitative estimate of drug-likeness (QED) is 0.0952. The smallest absolute Gasteiger partial charge is 0.246 e. The molecule has 3 fully saturated rings. The van der Waals surface area contributed by atoms with Gasteiger partial charge in [0.05, 0.1) is 28.2 Å². The number of unbranched alkanes of at least 4 members (excludes halogenated alkanes) is 1. The number of ether oxygens (including phenoxy) is 1. The molecule has 0 bridgehead atoms. The molecule has 8 N–H and O–H groups in total. The standard InChI is InChI=1S/C50H68FN9O9S/c1-29-44(70-28-55-29)33-15-13-31(14-16-33)24-54-46(65)39-23-36(62)25-59(39)49(68)45(50(3,4)5)57-42(64)12-7-6-9-32-10-8-11-40(43(32)51)69-27-34(17-20-41(53)63)56-47(66)38-19-18-35-21-22-58(30(2)61)26-37(52)48(67)60(35)38/h8,10-11,13-16,28,34-39,45,62H,6-7,9,12,17-27,52H2,1-5H3,(H2,53,63)(H,54,65)(H,56,66)(H,57,64)/t34-,35+,36+,37-,38-,39-,45+/m0/s1. The van der Waals surface area contributed by atoms with Crippen LogP contribution in [0.5, 0.6) is 5.75 Å². The number of amides is 7. The van der Waals surface area contributed by atoms with Crippen molar-refractivity contribution in [2.45, 2.75) is 148 Å². The van der Waals surface area contributed by atoms with E-state index in [2.05, 4.69) is 20.9 Å². The van der Waals surface area contributed by atoms with E-state index >= 15 is 4.39 Å². The van der Waals surface area contributed by atoms with Gasteiger partial charge in [-0.25, -0.2) is 9.37 Å². The van der Waals surface area contributed by atoms with Crippen molar-refractivity contribution in [2.75, 3.05) is 26.2 Å². The largest absolute Gasteiger partial charge is 0.488 e. The number of halogens is 1. The Balaban J connectivity index is 0.990. The number of rotatable bonds is 19.